The van der Waals surface area contributed by atoms with Crippen LogP contribution in [0.5, 0.6) is 0 Å². The molecule has 0 aromatic heterocycles. The molecule has 1 aromatic carbocycles. The Labute approximate surface area is 94.9 Å². The lowest BCUT2D eigenvalue weighted by atomic mass is 9.90. The van der Waals surface area contributed by atoms with Crippen LogP contribution in [-0.4, -0.2) is 13.4 Å². The van der Waals surface area contributed by atoms with Crippen molar-refractivity contribution in [3.05, 3.63) is 48.0 Å². The van der Waals surface area contributed by atoms with Crippen molar-refractivity contribution in [3.8, 4) is 6.07 Å². The van der Waals surface area contributed by atoms with E-state index in [0.717, 1.165) is 5.56 Å². The van der Waals surface area contributed by atoms with Crippen molar-refractivity contribution in [2.45, 2.75) is 18.3 Å². The molecule has 0 spiro atoms. The molecule has 82 valence electrons. The molecule has 16 heavy (non-hydrogen) atoms. The Balaban J connectivity index is 2.35. The summed E-state index contributed by atoms with van der Waals surface area (Å²) in [4.78, 5) is 0. The Morgan fingerprint density at radius 2 is 2.19 bits per heavy atom. The molecular weight excluding hydrogens is 202 g/mol. The van der Waals surface area contributed by atoms with E-state index in [1.807, 2.05) is 42.5 Å². The quantitative estimate of drug-likeness (QED) is 0.711. The van der Waals surface area contributed by atoms with Gasteiger partial charge >= 0.3 is 0 Å². The number of ether oxygens (including phenoxy) is 2. The highest BCUT2D eigenvalue weighted by Gasteiger charge is 2.37. The van der Waals surface area contributed by atoms with E-state index in [2.05, 4.69) is 6.07 Å². The van der Waals surface area contributed by atoms with E-state index in [0.29, 0.717) is 6.42 Å². The summed E-state index contributed by atoms with van der Waals surface area (Å²) in [5.74, 6) is 0. The first-order chi connectivity index (χ1) is 7.80. The minimum absolute atomic E-state index is 0.450. The fourth-order valence-electron chi connectivity index (χ4n) is 1.79. The number of benzene rings is 1. The van der Waals surface area contributed by atoms with E-state index < -0.39 is 11.9 Å². The maximum Gasteiger partial charge on any atom is 0.186 e. The van der Waals surface area contributed by atoms with E-state index in [9.17, 15) is 5.26 Å². The largest absolute Gasteiger partial charge is 0.352 e. The van der Waals surface area contributed by atoms with Crippen molar-refractivity contribution < 1.29 is 9.47 Å². The minimum atomic E-state index is -0.920. The molecule has 2 rings (SSSR count). The second kappa shape index (κ2) is 4.48. The molecule has 3 heteroatoms. The van der Waals surface area contributed by atoms with Crippen molar-refractivity contribution in [1.82, 2.24) is 0 Å². The van der Waals surface area contributed by atoms with Gasteiger partial charge in [-0.05, 0) is 11.6 Å². The molecule has 3 nitrogen and oxygen atoms in total. The average molecular weight is 215 g/mol. The second-order valence-electron chi connectivity index (χ2n) is 3.66. The normalized spacial score (nSPS) is 28.6. The van der Waals surface area contributed by atoms with Crippen LogP contribution in [0.25, 0.3) is 0 Å². The van der Waals surface area contributed by atoms with Gasteiger partial charge in [0.25, 0.3) is 0 Å². The lowest BCUT2D eigenvalue weighted by Crippen LogP contribution is -2.35. The molecule has 0 aliphatic carbocycles. The first kappa shape index (κ1) is 10.9. The van der Waals surface area contributed by atoms with Crippen molar-refractivity contribution >= 4 is 0 Å². The zero-order chi connectivity index (χ0) is 11.4. The molecule has 0 bridgehead atoms. The smallest absolute Gasteiger partial charge is 0.186 e. The monoisotopic (exact) mass is 215 g/mol. The van der Waals surface area contributed by atoms with Crippen LogP contribution in [0.1, 0.15) is 12.0 Å². The Morgan fingerprint density at radius 3 is 2.81 bits per heavy atom. The van der Waals surface area contributed by atoms with Crippen molar-refractivity contribution in [1.29, 1.82) is 5.26 Å². The number of nitrogens with zero attached hydrogens (tertiary/aromatic N) is 1. The molecular formula is C13H13NO2. The molecule has 2 unspecified atom stereocenters. The van der Waals surface area contributed by atoms with Gasteiger partial charge in [0, 0.05) is 13.5 Å². The van der Waals surface area contributed by atoms with Gasteiger partial charge in [-0.25, -0.2) is 0 Å². The Morgan fingerprint density at radius 1 is 1.44 bits per heavy atom. The number of rotatable bonds is 2. The highest BCUT2D eigenvalue weighted by molar-refractivity contribution is 5.31. The SMILES string of the molecule is COC1C=CCC(C#N)(c2ccccc2)O1. The summed E-state index contributed by atoms with van der Waals surface area (Å²) < 4.78 is 10.8. The lowest BCUT2D eigenvalue weighted by Gasteiger charge is -2.32. The van der Waals surface area contributed by atoms with Crippen LogP contribution in [0.4, 0.5) is 0 Å². The van der Waals surface area contributed by atoms with Gasteiger partial charge in [0.2, 0.25) is 0 Å². The Hall–Kier alpha value is -1.63. The summed E-state index contributed by atoms with van der Waals surface area (Å²) in [6.07, 6.45) is 3.84. The zero-order valence-electron chi connectivity index (χ0n) is 9.09. The third kappa shape index (κ3) is 1.85. The van der Waals surface area contributed by atoms with Crippen LogP contribution in [0.2, 0.25) is 0 Å². The molecule has 1 heterocycles. The van der Waals surface area contributed by atoms with Crippen molar-refractivity contribution in [2.75, 3.05) is 7.11 Å². The summed E-state index contributed by atoms with van der Waals surface area (Å²) in [7, 11) is 1.56. The standard InChI is InChI=1S/C13H13NO2/c1-15-12-8-5-9-13(10-14,16-12)11-6-3-2-4-7-11/h2-8,12H,9H2,1H3. The number of methoxy groups -OCH3 is 1. The van der Waals surface area contributed by atoms with Crippen LogP contribution >= 0.6 is 0 Å². The molecule has 0 amide bonds. The molecule has 0 fully saturated rings. The first-order valence-corrected chi connectivity index (χ1v) is 5.15. The van der Waals surface area contributed by atoms with E-state index in [1.165, 1.54) is 0 Å². The van der Waals surface area contributed by atoms with E-state index in [4.69, 9.17) is 9.47 Å². The number of nitriles is 1. The maximum atomic E-state index is 9.34. The van der Waals surface area contributed by atoms with Crippen LogP contribution < -0.4 is 0 Å². The van der Waals surface area contributed by atoms with Crippen molar-refractivity contribution in [2.24, 2.45) is 0 Å². The fourth-order valence-corrected chi connectivity index (χ4v) is 1.79. The first-order valence-electron chi connectivity index (χ1n) is 5.15. The van der Waals surface area contributed by atoms with Gasteiger partial charge in [0.15, 0.2) is 11.9 Å². The van der Waals surface area contributed by atoms with Crippen molar-refractivity contribution in [3.63, 3.8) is 0 Å². The van der Waals surface area contributed by atoms with Gasteiger partial charge in [-0.2, -0.15) is 5.26 Å². The van der Waals surface area contributed by atoms with Gasteiger partial charge < -0.3 is 9.47 Å². The topological polar surface area (TPSA) is 42.2 Å². The fraction of sp³-hybridized carbons (Fsp3) is 0.308. The summed E-state index contributed by atoms with van der Waals surface area (Å²) >= 11 is 0. The number of hydrogen-bond acceptors (Lipinski definition) is 3. The van der Waals surface area contributed by atoms with Gasteiger partial charge in [0.05, 0.1) is 0 Å². The molecule has 0 saturated heterocycles. The Bertz CT molecular complexity index is 421. The predicted molar refractivity (Wildman–Crippen MR) is 59.4 cm³/mol. The summed E-state index contributed by atoms with van der Waals surface area (Å²) in [5.41, 5.74) is -0.0552. The maximum absolute atomic E-state index is 9.34. The molecule has 2 atom stereocenters. The van der Waals surface area contributed by atoms with E-state index in [1.54, 1.807) is 7.11 Å². The van der Waals surface area contributed by atoms with Crippen LogP contribution in [0.15, 0.2) is 42.5 Å². The molecule has 1 aromatic rings. The highest BCUT2D eigenvalue weighted by Crippen LogP contribution is 2.34. The minimum Gasteiger partial charge on any atom is -0.352 e. The lowest BCUT2D eigenvalue weighted by molar-refractivity contribution is -0.163. The highest BCUT2D eigenvalue weighted by atomic mass is 16.7. The molecule has 0 radical (unpaired) electrons. The molecule has 1 aliphatic rings. The predicted octanol–water partition coefficient (Wildman–Crippen LogP) is 2.35. The molecule has 0 N–H and O–H groups in total. The van der Waals surface area contributed by atoms with E-state index >= 15 is 0 Å². The summed E-state index contributed by atoms with van der Waals surface area (Å²) in [6, 6.07) is 11.8. The third-order valence-electron chi connectivity index (χ3n) is 2.67. The number of hydrogen-bond donors (Lipinski definition) is 0. The van der Waals surface area contributed by atoms with Gasteiger partial charge in [-0.15, -0.1) is 0 Å². The molecule has 0 saturated carbocycles. The third-order valence-corrected chi connectivity index (χ3v) is 2.67. The van der Waals surface area contributed by atoms with Crippen LogP contribution in [0.3, 0.4) is 0 Å². The van der Waals surface area contributed by atoms with Gasteiger partial charge in [0.1, 0.15) is 6.07 Å². The van der Waals surface area contributed by atoms with E-state index in [-0.39, 0.29) is 0 Å². The summed E-state index contributed by atoms with van der Waals surface area (Å²) in [5, 5.41) is 9.34. The second-order valence-corrected chi connectivity index (χ2v) is 3.66. The Kier molecular flexibility index (Phi) is 3.04. The summed E-state index contributed by atoms with van der Waals surface area (Å²) in [6.45, 7) is 0. The van der Waals surface area contributed by atoms with Crippen LogP contribution in [0, 0.1) is 11.3 Å². The average Bonchev–Trinajstić information content (AvgIpc) is 2.39. The zero-order valence-corrected chi connectivity index (χ0v) is 9.09. The van der Waals surface area contributed by atoms with Gasteiger partial charge in [-0.3, -0.25) is 0 Å². The van der Waals surface area contributed by atoms with Crippen LogP contribution in [-0.2, 0) is 15.1 Å². The van der Waals surface area contributed by atoms with Gasteiger partial charge in [-0.1, -0.05) is 36.4 Å². The molecule has 1 aliphatic heterocycles.